The van der Waals surface area contributed by atoms with Crippen molar-refractivity contribution in [1.82, 2.24) is 15.0 Å². The van der Waals surface area contributed by atoms with Gasteiger partial charge in [0.2, 0.25) is 0 Å². The highest BCUT2D eigenvalue weighted by atomic mass is 32.2. The molecule has 0 aromatic carbocycles. The zero-order valence-electron chi connectivity index (χ0n) is 11.1. The van der Waals surface area contributed by atoms with Crippen LogP contribution in [-0.2, 0) is 16.6 Å². The van der Waals surface area contributed by atoms with Crippen LogP contribution in [0.2, 0.25) is 0 Å². The van der Waals surface area contributed by atoms with E-state index in [4.69, 9.17) is 0 Å². The zero-order valence-corrected chi connectivity index (χ0v) is 11.9. The molecule has 0 fully saturated rings. The van der Waals surface area contributed by atoms with Crippen molar-refractivity contribution in [2.45, 2.75) is 31.8 Å². The van der Waals surface area contributed by atoms with Crippen LogP contribution < -0.4 is 10.0 Å². The van der Waals surface area contributed by atoms with E-state index in [0.717, 1.165) is 12.0 Å². The van der Waals surface area contributed by atoms with E-state index >= 15 is 0 Å². The molecule has 0 atom stereocenters. The fraction of sp³-hybridized carbons (Fsp3) is 0.583. The molecule has 0 aliphatic heterocycles. The molecule has 5 nitrogen and oxygen atoms in total. The Labute approximate surface area is 109 Å². The van der Waals surface area contributed by atoms with E-state index in [-0.39, 0.29) is 5.03 Å². The number of hydrogen-bond acceptors (Lipinski definition) is 4. The average Bonchev–Trinajstić information content (AvgIpc) is 2.29. The van der Waals surface area contributed by atoms with Crippen molar-refractivity contribution in [3.63, 3.8) is 0 Å². The molecule has 0 aliphatic rings. The molecule has 1 aromatic heterocycles. The molecule has 6 heteroatoms. The van der Waals surface area contributed by atoms with E-state index in [1.807, 2.05) is 7.05 Å². The highest BCUT2D eigenvalue weighted by molar-refractivity contribution is 7.89. The van der Waals surface area contributed by atoms with Crippen molar-refractivity contribution < 1.29 is 8.42 Å². The van der Waals surface area contributed by atoms with Gasteiger partial charge >= 0.3 is 0 Å². The third kappa shape index (κ3) is 4.72. The van der Waals surface area contributed by atoms with Crippen LogP contribution in [0.4, 0.5) is 0 Å². The van der Waals surface area contributed by atoms with Crippen LogP contribution in [0.25, 0.3) is 0 Å². The largest absolute Gasteiger partial charge is 0.316 e. The second kappa shape index (κ2) is 6.82. The van der Waals surface area contributed by atoms with Crippen LogP contribution in [0, 0.1) is 5.92 Å². The summed E-state index contributed by atoms with van der Waals surface area (Å²) in [6.45, 7) is 5.23. The van der Waals surface area contributed by atoms with Crippen LogP contribution in [0.1, 0.15) is 25.8 Å². The minimum atomic E-state index is -3.47. The maximum Gasteiger partial charge on any atom is 0.258 e. The molecular formula is C12H21N3O2S. The maximum atomic E-state index is 11.9. The first-order valence-electron chi connectivity index (χ1n) is 6.05. The summed E-state index contributed by atoms with van der Waals surface area (Å²) in [5, 5.41) is 3.06. The van der Waals surface area contributed by atoms with Gasteiger partial charge in [-0.1, -0.05) is 19.9 Å². The number of nitrogens with one attached hydrogen (secondary N) is 2. The summed E-state index contributed by atoms with van der Waals surface area (Å²) in [7, 11) is -1.64. The quantitative estimate of drug-likeness (QED) is 0.780. The van der Waals surface area contributed by atoms with Gasteiger partial charge in [-0.2, -0.15) is 0 Å². The van der Waals surface area contributed by atoms with Gasteiger partial charge < -0.3 is 5.32 Å². The first-order chi connectivity index (χ1) is 8.45. The summed E-state index contributed by atoms with van der Waals surface area (Å²) in [5.74, 6) is 0.471. The van der Waals surface area contributed by atoms with E-state index in [9.17, 15) is 8.42 Å². The third-order valence-electron chi connectivity index (χ3n) is 2.47. The number of aromatic nitrogens is 1. The molecule has 0 aliphatic carbocycles. The molecule has 0 saturated carbocycles. The maximum absolute atomic E-state index is 11.9. The van der Waals surface area contributed by atoms with Gasteiger partial charge in [0.15, 0.2) is 5.03 Å². The Morgan fingerprint density at radius 1 is 1.33 bits per heavy atom. The summed E-state index contributed by atoms with van der Waals surface area (Å²) in [5.41, 5.74) is 0.957. The van der Waals surface area contributed by atoms with Gasteiger partial charge in [-0.05, 0) is 31.0 Å². The molecule has 0 spiro atoms. The Kier molecular flexibility index (Phi) is 5.71. The molecule has 0 amide bonds. The van der Waals surface area contributed by atoms with E-state index < -0.39 is 10.0 Å². The van der Waals surface area contributed by atoms with Crippen molar-refractivity contribution >= 4 is 10.0 Å². The van der Waals surface area contributed by atoms with Gasteiger partial charge in [-0.25, -0.2) is 18.1 Å². The Morgan fingerprint density at radius 3 is 2.56 bits per heavy atom. The van der Waals surface area contributed by atoms with Crippen LogP contribution >= 0.6 is 0 Å². The molecule has 1 aromatic rings. The van der Waals surface area contributed by atoms with Gasteiger partial charge in [0.05, 0.1) is 0 Å². The fourth-order valence-electron chi connectivity index (χ4n) is 1.43. The first kappa shape index (κ1) is 15.1. The summed E-state index contributed by atoms with van der Waals surface area (Å²) in [6, 6.07) is 3.30. The molecule has 2 N–H and O–H groups in total. The van der Waals surface area contributed by atoms with E-state index in [1.54, 1.807) is 12.3 Å². The average molecular weight is 271 g/mol. The SMILES string of the molecule is CNCc1ccc(S(=O)(=O)NCCC(C)C)nc1. The Balaban J connectivity index is 2.67. The molecule has 0 bridgehead atoms. The summed E-state index contributed by atoms with van der Waals surface area (Å²) in [6.07, 6.45) is 2.39. The van der Waals surface area contributed by atoms with Gasteiger partial charge in [0.25, 0.3) is 10.0 Å². The topological polar surface area (TPSA) is 71.1 Å². The smallest absolute Gasteiger partial charge is 0.258 e. The minimum Gasteiger partial charge on any atom is -0.316 e. The third-order valence-corrected chi connectivity index (χ3v) is 3.84. The predicted molar refractivity (Wildman–Crippen MR) is 71.6 cm³/mol. The van der Waals surface area contributed by atoms with Gasteiger partial charge in [0.1, 0.15) is 0 Å². The number of nitrogens with zero attached hydrogens (tertiary/aromatic N) is 1. The van der Waals surface area contributed by atoms with Crippen molar-refractivity contribution in [1.29, 1.82) is 0 Å². The number of rotatable bonds is 7. The molecule has 1 heterocycles. The van der Waals surface area contributed by atoms with Gasteiger partial charge in [-0.3, -0.25) is 0 Å². The second-order valence-corrected chi connectivity index (χ2v) is 6.33. The van der Waals surface area contributed by atoms with Crippen molar-refractivity contribution in [3.05, 3.63) is 23.9 Å². The van der Waals surface area contributed by atoms with Crippen molar-refractivity contribution in [3.8, 4) is 0 Å². The lowest BCUT2D eigenvalue weighted by molar-refractivity contribution is 0.549. The molecular weight excluding hydrogens is 250 g/mol. The number of pyridine rings is 1. The lowest BCUT2D eigenvalue weighted by atomic mass is 10.1. The number of sulfonamides is 1. The van der Waals surface area contributed by atoms with Crippen molar-refractivity contribution in [2.75, 3.05) is 13.6 Å². The predicted octanol–water partition coefficient (Wildman–Crippen LogP) is 1.13. The molecule has 0 saturated heterocycles. The normalized spacial score (nSPS) is 12.0. The lowest BCUT2D eigenvalue weighted by Crippen LogP contribution is -2.26. The highest BCUT2D eigenvalue weighted by Gasteiger charge is 2.14. The monoisotopic (exact) mass is 271 g/mol. The molecule has 0 radical (unpaired) electrons. The standard InChI is InChI=1S/C12H21N3O2S/c1-10(2)6-7-15-18(16,17)12-5-4-11(8-13-3)9-14-12/h4-5,9-10,13,15H,6-8H2,1-3H3. The van der Waals surface area contributed by atoms with E-state index in [2.05, 4.69) is 28.9 Å². The highest BCUT2D eigenvalue weighted by Crippen LogP contribution is 2.07. The van der Waals surface area contributed by atoms with Crippen LogP contribution in [-0.4, -0.2) is 27.0 Å². The van der Waals surface area contributed by atoms with Gasteiger partial charge in [0, 0.05) is 19.3 Å². The summed E-state index contributed by atoms with van der Waals surface area (Å²) < 4.78 is 26.3. The molecule has 18 heavy (non-hydrogen) atoms. The molecule has 102 valence electrons. The zero-order chi connectivity index (χ0) is 13.6. The summed E-state index contributed by atoms with van der Waals surface area (Å²) in [4.78, 5) is 3.98. The van der Waals surface area contributed by atoms with E-state index in [1.165, 1.54) is 6.07 Å². The summed E-state index contributed by atoms with van der Waals surface area (Å²) >= 11 is 0. The van der Waals surface area contributed by atoms with Gasteiger partial charge in [-0.15, -0.1) is 0 Å². The molecule has 1 rings (SSSR count). The molecule has 0 unspecified atom stereocenters. The van der Waals surface area contributed by atoms with Crippen molar-refractivity contribution in [2.24, 2.45) is 5.92 Å². The Bertz CT molecular complexity index is 455. The second-order valence-electron chi connectivity index (χ2n) is 4.62. The Morgan fingerprint density at radius 2 is 2.06 bits per heavy atom. The number of hydrogen-bond donors (Lipinski definition) is 2. The van der Waals surface area contributed by atoms with Crippen LogP contribution in [0.5, 0.6) is 0 Å². The van der Waals surface area contributed by atoms with E-state index in [0.29, 0.717) is 19.0 Å². The van der Waals surface area contributed by atoms with Crippen LogP contribution in [0.15, 0.2) is 23.4 Å². The Hall–Kier alpha value is -0.980. The van der Waals surface area contributed by atoms with Crippen LogP contribution in [0.3, 0.4) is 0 Å². The first-order valence-corrected chi connectivity index (χ1v) is 7.53. The lowest BCUT2D eigenvalue weighted by Gasteiger charge is -2.08. The minimum absolute atomic E-state index is 0.0751. The fourth-order valence-corrected chi connectivity index (χ4v) is 2.41.